The van der Waals surface area contributed by atoms with Crippen LogP contribution < -0.4 is 9.64 Å². The van der Waals surface area contributed by atoms with Crippen LogP contribution in [0, 0.1) is 0 Å². The van der Waals surface area contributed by atoms with Gasteiger partial charge >= 0.3 is 18.2 Å². The molecule has 0 aliphatic rings. The van der Waals surface area contributed by atoms with Crippen LogP contribution in [0.15, 0.2) is 6.07 Å². The van der Waals surface area contributed by atoms with Gasteiger partial charge in [0.2, 0.25) is 0 Å². The van der Waals surface area contributed by atoms with E-state index in [9.17, 15) is 24.3 Å². The number of carbonyl (C=O) groups is 4. The molecule has 0 saturated carbocycles. The molecule has 0 unspecified atom stereocenters. The molecule has 1 N–H and O–H groups in total. The quantitative estimate of drug-likeness (QED) is 0.761. The van der Waals surface area contributed by atoms with Crippen LogP contribution in [0.5, 0.6) is 5.75 Å². The number of methoxy groups -OCH3 is 1. The summed E-state index contributed by atoms with van der Waals surface area (Å²) in [5, 5.41) is 9.36. The fraction of sp³-hybridized carbons (Fsp3) is 0.500. The van der Waals surface area contributed by atoms with Crippen molar-refractivity contribution in [2.45, 2.75) is 52.7 Å². The molecule has 0 aromatic carbocycles. The number of ether oxygens (including phenoxy) is 3. The molecule has 2 amide bonds. The molecule has 10 nitrogen and oxygen atoms in total. The lowest BCUT2D eigenvalue weighted by Gasteiger charge is -2.29. The van der Waals surface area contributed by atoms with Crippen molar-refractivity contribution in [1.29, 1.82) is 0 Å². The van der Waals surface area contributed by atoms with Gasteiger partial charge in [-0.25, -0.2) is 19.4 Å². The van der Waals surface area contributed by atoms with Crippen LogP contribution in [0.4, 0.5) is 15.3 Å². The number of imide groups is 1. The Morgan fingerprint density at radius 1 is 1.04 bits per heavy atom. The molecule has 154 valence electrons. The van der Waals surface area contributed by atoms with Gasteiger partial charge in [0.1, 0.15) is 22.6 Å². The molecule has 10 heteroatoms. The van der Waals surface area contributed by atoms with Gasteiger partial charge in [-0.2, -0.15) is 4.90 Å². The van der Waals surface area contributed by atoms with E-state index >= 15 is 0 Å². The fourth-order valence-electron chi connectivity index (χ4n) is 2.00. The minimum atomic E-state index is -1.52. The first-order valence-electron chi connectivity index (χ1n) is 8.23. The van der Waals surface area contributed by atoms with Crippen LogP contribution in [0.25, 0.3) is 0 Å². The van der Waals surface area contributed by atoms with Gasteiger partial charge in [-0.05, 0) is 47.6 Å². The highest BCUT2D eigenvalue weighted by Crippen LogP contribution is 2.34. The molecule has 0 fully saturated rings. The zero-order valence-corrected chi connectivity index (χ0v) is 16.9. The number of aldehydes is 1. The van der Waals surface area contributed by atoms with Crippen molar-refractivity contribution < 1.29 is 38.5 Å². The first kappa shape index (κ1) is 22.9. The second-order valence-electron chi connectivity index (χ2n) is 7.67. The lowest BCUT2D eigenvalue weighted by Crippen LogP contribution is -2.44. The Hall–Kier alpha value is -3.17. The molecule has 1 heterocycles. The van der Waals surface area contributed by atoms with Crippen molar-refractivity contribution in [1.82, 2.24) is 4.98 Å². The number of pyridine rings is 1. The molecular weight excluding hydrogens is 372 g/mol. The van der Waals surface area contributed by atoms with Gasteiger partial charge in [-0.1, -0.05) is 0 Å². The number of aromatic nitrogens is 1. The maximum absolute atomic E-state index is 12.7. The monoisotopic (exact) mass is 396 g/mol. The molecule has 0 saturated heterocycles. The summed E-state index contributed by atoms with van der Waals surface area (Å²) < 4.78 is 15.5. The molecule has 0 atom stereocenters. The number of anilines is 1. The molecule has 1 aromatic heterocycles. The van der Waals surface area contributed by atoms with Crippen molar-refractivity contribution in [2.75, 3.05) is 12.0 Å². The van der Waals surface area contributed by atoms with Crippen LogP contribution in [-0.4, -0.2) is 52.8 Å². The summed E-state index contributed by atoms with van der Waals surface area (Å²) in [4.78, 5) is 52.3. The van der Waals surface area contributed by atoms with Crippen LogP contribution in [0.1, 0.15) is 62.5 Å². The number of rotatable bonds is 4. The lowest BCUT2D eigenvalue weighted by atomic mass is 10.2. The first-order valence-corrected chi connectivity index (χ1v) is 8.23. The van der Waals surface area contributed by atoms with E-state index in [0.717, 1.165) is 13.2 Å². The molecule has 1 aromatic rings. The Bertz CT molecular complexity index is 762. The van der Waals surface area contributed by atoms with Gasteiger partial charge in [-0.15, -0.1) is 0 Å². The Kier molecular flexibility index (Phi) is 6.73. The minimum absolute atomic E-state index is 0.276. The maximum Gasteiger partial charge on any atom is 0.424 e. The zero-order chi connectivity index (χ0) is 21.9. The van der Waals surface area contributed by atoms with E-state index in [2.05, 4.69) is 4.98 Å². The summed E-state index contributed by atoms with van der Waals surface area (Å²) >= 11 is 0. The predicted molar refractivity (Wildman–Crippen MR) is 98.1 cm³/mol. The van der Waals surface area contributed by atoms with Gasteiger partial charge in [0.15, 0.2) is 17.7 Å². The Morgan fingerprint density at radius 3 is 1.82 bits per heavy atom. The number of carbonyl (C=O) groups excluding carboxylic acids is 3. The van der Waals surface area contributed by atoms with E-state index in [1.165, 1.54) is 0 Å². The number of aromatic carboxylic acids is 1. The second kappa shape index (κ2) is 8.24. The van der Waals surface area contributed by atoms with Crippen molar-refractivity contribution >= 4 is 30.1 Å². The average molecular weight is 396 g/mol. The number of hydrogen-bond acceptors (Lipinski definition) is 8. The smallest absolute Gasteiger partial charge is 0.424 e. The highest BCUT2D eigenvalue weighted by atomic mass is 16.6. The summed E-state index contributed by atoms with van der Waals surface area (Å²) in [7, 11) is 1.13. The Labute approximate surface area is 162 Å². The van der Waals surface area contributed by atoms with E-state index in [1.54, 1.807) is 41.5 Å². The highest BCUT2D eigenvalue weighted by Gasteiger charge is 2.36. The van der Waals surface area contributed by atoms with Crippen molar-refractivity contribution in [2.24, 2.45) is 0 Å². The number of amides is 2. The summed E-state index contributed by atoms with van der Waals surface area (Å²) in [6.07, 6.45) is -2.00. The van der Waals surface area contributed by atoms with Gasteiger partial charge in [-0.3, -0.25) is 4.79 Å². The van der Waals surface area contributed by atoms with E-state index in [4.69, 9.17) is 14.2 Å². The minimum Gasteiger partial charge on any atom is -0.492 e. The van der Waals surface area contributed by atoms with Crippen molar-refractivity contribution in [3.8, 4) is 5.75 Å². The lowest BCUT2D eigenvalue weighted by molar-refractivity contribution is 0.0427. The van der Waals surface area contributed by atoms with E-state index < -0.39 is 40.8 Å². The standard InChI is InChI=1S/C18H24N2O8/c1-17(2,3)27-15(24)20(16(25)28-18(4,5)6)11-8-10(9-21)19-12(14(22)23)13(11)26-7/h8-9H,1-7H3,(H,22,23). The van der Waals surface area contributed by atoms with Gasteiger partial charge in [0, 0.05) is 0 Å². The molecular formula is C18H24N2O8. The normalized spacial score (nSPS) is 11.4. The molecule has 0 aliphatic heterocycles. The largest absolute Gasteiger partial charge is 0.492 e. The molecule has 0 radical (unpaired) electrons. The third-order valence-corrected chi connectivity index (χ3v) is 2.89. The summed E-state index contributed by atoms with van der Waals surface area (Å²) in [6.45, 7) is 9.51. The second-order valence-corrected chi connectivity index (χ2v) is 7.67. The summed E-state index contributed by atoms with van der Waals surface area (Å²) in [5.41, 5.74) is -3.27. The number of carboxylic acid groups (broad SMARTS) is 1. The number of carboxylic acids is 1. The number of nitrogens with zero attached hydrogens (tertiary/aromatic N) is 2. The van der Waals surface area contributed by atoms with Gasteiger partial charge in [0.05, 0.1) is 7.11 Å². The molecule has 1 rings (SSSR count). The van der Waals surface area contributed by atoms with Gasteiger partial charge in [0.25, 0.3) is 0 Å². The third-order valence-electron chi connectivity index (χ3n) is 2.89. The summed E-state index contributed by atoms with van der Waals surface area (Å²) in [5.74, 6) is -1.93. The van der Waals surface area contributed by atoms with E-state index in [1.807, 2.05) is 0 Å². The van der Waals surface area contributed by atoms with Crippen molar-refractivity contribution in [3.63, 3.8) is 0 Å². The Balaban J connectivity index is 3.71. The fourth-order valence-corrected chi connectivity index (χ4v) is 2.00. The van der Waals surface area contributed by atoms with Crippen molar-refractivity contribution in [3.05, 3.63) is 17.5 Å². The third kappa shape index (κ3) is 5.93. The summed E-state index contributed by atoms with van der Waals surface area (Å²) in [6, 6.07) is 1.03. The maximum atomic E-state index is 12.7. The molecule has 28 heavy (non-hydrogen) atoms. The SMILES string of the molecule is COc1c(N(C(=O)OC(C)(C)C)C(=O)OC(C)(C)C)cc(C=O)nc1C(=O)O. The van der Waals surface area contributed by atoms with Crippen LogP contribution in [0.3, 0.4) is 0 Å². The van der Waals surface area contributed by atoms with Crippen LogP contribution in [0.2, 0.25) is 0 Å². The van der Waals surface area contributed by atoms with E-state index in [0.29, 0.717) is 4.90 Å². The topological polar surface area (TPSA) is 132 Å². The van der Waals surface area contributed by atoms with Gasteiger partial charge < -0.3 is 19.3 Å². The highest BCUT2D eigenvalue weighted by molar-refractivity contribution is 6.12. The zero-order valence-electron chi connectivity index (χ0n) is 16.9. The molecule has 0 aliphatic carbocycles. The number of hydrogen-bond donors (Lipinski definition) is 1. The Morgan fingerprint density at radius 2 is 1.50 bits per heavy atom. The van der Waals surface area contributed by atoms with E-state index in [-0.39, 0.29) is 17.7 Å². The predicted octanol–water partition coefficient (Wildman–Crippen LogP) is 3.28. The van der Waals surface area contributed by atoms with Crippen LogP contribution >= 0.6 is 0 Å². The molecule has 0 spiro atoms. The molecule has 0 bridgehead atoms. The van der Waals surface area contributed by atoms with Crippen LogP contribution in [-0.2, 0) is 9.47 Å². The first-order chi connectivity index (χ1) is 12.7. The average Bonchev–Trinajstić information content (AvgIpc) is 2.50.